The van der Waals surface area contributed by atoms with Crippen molar-refractivity contribution in [2.75, 3.05) is 18.2 Å². The zero-order valence-electron chi connectivity index (χ0n) is 17.8. The molecule has 1 N–H and O–H groups in total. The summed E-state index contributed by atoms with van der Waals surface area (Å²) in [5.41, 5.74) is 2.22. The van der Waals surface area contributed by atoms with E-state index in [1.54, 1.807) is 36.7 Å². The highest BCUT2D eigenvalue weighted by molar-refractivity contribution is 7.99. The summed E-state index contributed by atoms with van der Waals surface area (Å²) in [5, 5.41) is 11.4. The first-order valence-corrected chi connectivity index (χ1v) is 10.8. The second kappa shape index (κ2) is 9.15. The van der Waals surface area contributed by atoms with Crippen LogP contribution < -0.4 is 15.6 Å². The van der Waals surface area contributed by atoms with Crippen molar-refractivity contribution in [3.63, 3.8) is 0 Å². The molecule has 2 heterocycles. The lowest BCUT2D eigenvalue weighted by Gasteiger charge is -2.07. The first-order chi connectivity index (χ1) is 15.5. The summed E-state index contributed by atoms with van der Waals surface area (Å²) in [7, 11) is 3.39. The summed E-state index contributed by atoms with van der Waals surface area (Å²) in [6.45, 7) is 1.80. The van der Waals surface area contributed by atoms with Crippen LogP contribution in [-0.4, -0.2) is 42.9 Å². The minimum atomic E-state index is -0.301. The molecule has 0 aliphatic carbocycles. The maximum atomic E-state index is 13.0. The van der Waals surface area contributed by atoms with E-state index < -0.39 is 0 Å². The molecule has 0 fully saturated rings. The molecule has 4 aromatic rings. The van der Waals surface area contributed by atoms with Crippen LogP contribution in [0.1, 0.15) is 5.69 Å². The summed E-state index contributed by atoms with van der Waals surface area (Å²) in [6.07, 6.45) is 1.59. The lowest BCUT2D eigenvalue weighted by molar-refractivity contribution is -0.113. The van der Waals surface area contributed by atoms with E-state index in [2.05, 4.69) is 15.5 Å². The zero-order valence-corrected chi connectivity index (χ0v) is 18.7. The van der Waals surface area contributed by atoms with Crippen molar-refractivity contribution in [3.8, 4) is 17.1 Å². The molecule has 0 aliphatic rings. The second-order valence-corrected chi connectivity index (χ2v) is 7.90. The van der Waals surface area contributed by atoms with Crippen LogP contribution in [0, 0.1) is 6.92 Å². The van der Waals surface area contributed by atoms with Crippen molar-refractivity contribution in [1.82, 2.24) is 24.1 Å². The van der Waals surface area contributed by atoms with Gasteiger partial charge in [-0.15, -0.1) is 10.2 Å². The number of aromatic nitrogens is 5. The van der Waals surface area contributed by atoms with Crippen LogP contribution in [0.3, 0.4) is 0 Å². The van der Waals surface area contributed by atoms with Gasteiger partial charge in [-0.05, 0) is 43.3 Å². The minimum Gasteiger partial charge on any atom is -0.497 e. The van der Waals surface area contributed by atoms with Crippen molar-refractivity contribution in [1.29, 1.82) is 0 Å². The second-order valence-electron chi connectivity index (χ2n) is 6.95. The average molecular weight is 451 g/mol. The maximum absolute atomic E-state index is 13.0. The molecule has 4 rings (SSSR count). The minimum absolute atomic E-state index is 0.0773. The third-order valence-corrected chi connectivity index (χ3v) is 5.96. The average Bonchev–Trinajstić information content (AvgIpc) is 3.37. The molecule has 2 aromatic heterocycles. The molecule has 164 valence electrons. The van der Waals surface area contributed by atoms with E-state index in [1.807, 2.05) is 54.6 Å². The number of rotatable bonds is 7. The highest BCUT2D eigenvalue weighted by Gasteiger charge is 2.19. The van der Waals surface area contributed by atoms with Gasteiger partial charge in [0.25, 0.3) is 5.56 Å². The van der Waals surface area contributed by atoms with Gasteiger partial charge in [-0.1, -0.05) is 30.0 Å². The van der Waals surface area contributed by atoms with E-state index in [4.69, 9.17) is 4.74 Å². The van der Waals surface area contributed by atoms with E-state index >= 15 is 0 Å². The van der Waals surface area contributed by atoms with Gasteiger partial charge in [0.05, 0.1) is 24.2 Å². The fraction of sp³-hybridized carbons (Fsp3) is 0.182. The van der Waals surface area contributed by atoms with Crippen LogP contribution in [0.25, 0.3) is 11.4 Å². The summed E-state index contributed by atoms with van der Waals surface area (Å²) >= 11 is 1.24. The highest BCUT2D eigenvalue weighted by Crippen LogP contribution is 2.22. The number of ether oxygens (including phenoxy) is 1. The Morgan fingerprint density at radius 2 is 1.81 bits per heavy atom. The Bertz CT molecular complexity index is 1290. The standard InChI is InChI=1S/C22H22N6O3S/c1-15-20(21(30)28(26(15)2)17-7-5-4-6-8-17)24-19(29)13-32-22-25-23-14-27(22)16-9-11-18(31-3)12-10-16/h4-12,14H,13H2,1-3H3,(H,24,29). The van der Waals surface area contributed by atoms with E-state index in [1.165, 1.54) is 16.4 Å². The Morgan fingerprint density at radius 1 is 1.09 bits per heavy atom. The van der Waals surface area contributed by atoms with Crippen molar-refractivity contribution in [2.24, 2.45) is 7.05 Å². The zero-order chi connectivity index (χ0) is 22.7. The number of nitrogens with one attached hydrogen (secondary N) is 1. The monoisotopic (exact) mass is 450 g/mol. The quantitative estimate of drug-likeness (QED) is 0.435. The van der Waals surface area contributed by atoms with Gasteiger partial charge in [0.1, 0.15) is 17.8 Å². The van der Waals surface area contributed by atoms with Crippen LogP contribution >= 0.6 is 11.8 Å². The number of para-hydroxylation sites is 1. The highest BCUT2D eigenvalue weighted by atomic mass is 32.2. The molecule has 0 aliphatic heterocycles. The summed E-state index contributed by atoms with van der Waals surface area (Å²) in [4.78, 5) is 25.6. The predicted octanol–water partition coefficient (Wildman–Crippen LogP) is 2.80. The van der Waals surface area contributed by atoms with Crippen molar-refractivity contribution >= 4 is 23.4 Å². The normalized spacial score (nSPS) is 10.8. The predicted molar refractivity (Wildman–Crippen MR) is 123 cm³/mol. The number of thioether (sulfide) groups is 1. The van der Waals surface area contributed by atoms with Gasteiger partial charge < -0.3 is 10.1 Å². The lowest BCUT2D eigenvalue weighted by Crippen LogP contribution is -2.23. The van der Waals surface area contributed by atoms with Gasteiger partial charge in [-0.25, -0.2) is 4.68 Å². The molecule has 0 saturated carbocycles. The first kappa shape index (κ1) is 21.4. The van der Waals surface area contributed by atoms with E-state index in [0.717, 1.165) is 17.1 Å². The molecule has 2 aromatic carbocycles. The van der Waals surface area contributed by atoms with Crippen molar-refractivity contribution in [3.05, 3.63) is 77.0 Å². The molecule has 9 nitrogen and oxygen atoms in total. The van der Waals surface area contributed by atoms with Crippen molar-refractivity contribution < 1.29 is 9.53 Å². The van der Waals surface area contributed by atoms with E-state index in [9.17, 15) is 9.59 Å². The molecule has 1 amide bonds. The number of hydrogen-bond donors (Lipinski definition) is 1. The number of carbonyl (C=O) groups is 1. The van der Waals surface area contributed by atoms with Crippen LogP contribution in [-0.2, 0) is 11.8 Å². The third-order valence-electron chi connectivity index (χ3n) is 5.02. The number of amides is 1. The largest absolute Gasteiger partial charge is 0.497 e. The SMILES string of the molecule is COc1ccc(-n2cnnc2SCC(=O)Nc2c(C)n(C)n(-c3ccccc3)c2=O)cc1. The molecule has 0 unspecified atom stereocenters. The maximum Gasteiger partial charge on any atom is 0.295 e. The first-order valence-electron chi connectivity index (χ1n) is 9.80. The fourth-order valence-corrected chi connectivity index (χ4v) is 3.99. The smallest absolute Gasteiger partial charge is 0.295 e. The third kappa shape index (κ3) is 4.17. The van der Waals surface area contributed by atoms with E-state index in [0.29, 0.717) is 10.9 Å². The molecule has 0 spiro atoms. The fourth-order valence-electron chi connectivity index (χ4n) is 3.26. The van der Waals surface area contributed by atoms with Gasteiger partial charge in [0.2, 0.25) is 5.91 Å². The number of benzene rings is 2. The summed E-state index contributed by atoms with van der Waals surface area (Å²) < 4.78 is 10.2. The van der Waals surface area contributed by atoms with Crippen molar-refractivity contribution in [2.45, 2.75) is 12.1 Å². The Kier molecular flexibility index (Phi) is 6.13. The summed E-state index contributed by atoms with van der Waals surface area (Å²) in [6, 6.07) is 16.7. The van der Waals surface area contributed by atoms with Gasteiger partial charge >= 0.3 is 0 Å². The molecule has 0 atom stereocenters. The van der Waals surface area contributed by atoms with Crippen LogP contribution in [0.15, 0.2) is 70.9 Å². The Hall–Kier alpha value is -3.79. The Balaban J connectivity index is 1.48. The number of carbonyl (C=O) groups excluding carboxylic acids is 1. The van der Waals surface area contributed by atoms with Gasteiger partial charge in [0.15, 0.2) is 5.16 Å². The van der Waals surface area contributed by atoms with E-state index in [-0.39, 0.29) is 22.9 Å². The topological polar surface area (TPSA) is 96.0 Å². The Morgan fingerprint density at radius 3 is 2.50 bits per heavy atom. The molecule has 0 saturated heterocycles. The molecular weight excluding hydrogens is 428 g/mol. The molecule has 10 heteroatoms. The van der Waals surface area contributed by atoms with Crippen LogP contribution in [0.4, 0.5) is 5.69 Å². The number of methoxy groups -OCH3 is 1. The molecule has 32 heavy (non-hydrogen) atoms. The Labute approximate surface area is 188 Å². The van der Waals surface area contributed by atoms with Crippen LogP contribution in [0.2, 0.25) is 0 Å². The van der Waals surface area contributed by atoms with Gasteiger partial charge in [-0.2, -0.15) is 0 Å². The summed E-state index contributed by atoms with van der Waals surface area (Å²) in [5.74, 6) is 0.522. The number of hydrogen-bond acceptors (Lipinski definition) is 6. The number of anilines is 1. The molecular formula is C22H22N6O3S. The molecule has 0 radical (unpaired) electrons. The van der Waals surface area contributed by atoms with Gasteiger partial charge in [-0.3, -0.25) is 18.8 Å². The van der Waals surface area contributed by atoms with Crippen LogP contribution in [0.5, 0.6) is 5.75 Å². The molecule has 0 bridgehead atoms. The lowest BCUT2D eigenvalue weighted by atomic mass is 10.3. The van der Waals surface area contributed by atoms with Gasteiger partial charge in [0, 0.05) is 12.7 Å². The number of nitrogens with zero attached hydrogens (tertiary/aromatic N) is 5.